The number of unbranched alkanes of at least 4 members (excludes halogenated alkanes) is 1. The Morgan fingerprint density at radius 2 is 1.21 bits per heavy atom. The van der Waals surface area contributed by atoms with Crippen molar-refractivity contribution in [2.24, 2.45) is 13.8 Å². The highest BCUT2D eigenvalue weighted by Crippen LogP contribution is 2.78. The maximum absolute atomic E-state index is 6.67. The monoisotopic (exact) mass is 543 g/mol. The van der Waals surface area contributed by atoms with Gasteiger partial charge in [0, 0.05) is 12.8 Å². The molecule has 0 radical (unpaired) electrons. The summed E-state index contributed by atoms with van der Waals surface area (Å²) < 4.78 is 48.6. The summed E-state index contributed by atoms with van der Waals surface area (Å²) in [5.74, 6) is -0.437. The summed E-state index contributed by atoms with van der Waals surface area (Å²) in [7, 11) is -8.20. The third-order valence-electron chi connectivity index (χ3n) is 5.22. The molecule has 0 spiro atoms. The van der Waals surface area contributed by atoms with E-state index < -0.39 is 22.4 Å². The van der Waals surface area contributed by atoms with Gasteiger partial charge in [0.2, 0.25) is 7.43 Å². The Labute approximate surface area is 210 Å². The molecule has 0 N–H and O–H groups in total. The van der Waals surface area contributed by atoms with Gasteiger partial charge in [0.05, 0.1) is 26.4 Å². The molecular weight excluding hydrogens is 491 g/mol. The van der Waals surface area contributed by atoms with Gasteiger partial charge < -0.3 is 22.8 Å². The van der Waals surface area contributed by atoms with Crippen LogP contribution in [0.25, 0.3) is 0 Å². The average Bonchev–Trinajstić information content (AvgIpc) is 2.94. The summed E-state index contributed by atoms with van der Waals surface area (Å²) in [5, 5.41) is 0. The lowest BCUT2D eigenvalue weighted by atomic mass is 10.4. The van der Waals surface area contributed by atoms with Crippen LogP contribution >= 0.6 is 22.4 Å². The minimum atomic E-state index is -3.03. The van der Waals surface area contributed by atoms with Crippen LogP contribution in [0.3, 0.4) is 0 Å². The van der Waals surface area contributed by atoms with E-state index in [0.29, 0.717) is 33.0 Å². The summed E-state index contributed by atoms with van der Waals surface area (Å²) in [6.07, 6.45) is 7.37. The van der Waals surface area contributed by atoms with E-state index in [9.17, 15) is 0 Å². The molecule has 0 aliphatic carbocycles. The Bertz CT molecular complexity index is 709. The Morgan fingerprint density at radius 1 is 0.676 bits per heavy atom. The third kappa shape index (κ3) is 9.42. The van der Waals surface area contributed by atoms with Crippen LogP contribution in [0.4, 0.5) is 0 Å². The molecular formula is C23H52N3O5P3. The molecule has 8 nitrogen and oxygen atoms in total. The van der Waals surface area contributed by atoms with Crippen molar-refractivity contribution in [2.75, 3.05) is 39.2 Å². The molecule has 204 valence electrons. The minimum absolute atomic E-state index is 0.149. The molecule has 1 aliphatic rings. The number of rotatable bonds is 19. The van der Waals surface area contributed by atoms with Crippen molar-refractivity contribution < 1.29 is 22.8 Å². The van der Waals surface area contributed by atoms with Gasteiger partial charge in [-0.1, -0.05) is 48.0 Å². The van der Waals surface area contributed by atoms with E-state index in [1.54, 1.807) is 0 Å². The Morgan fingerprint density at radius 3 is 1.74 bits per heavy atom. The molecule has 0 saturated carbocycles. The summed E-state index contributed by atoms with van der Waals surface area (Å²) in [6, 6.07) is 0. The third-order valence-corrected chi connectivity index (χ3v) is 15.7. The van der Waals surface area contributed by atoms with Gasteiger partial charge in [0.1, 0.15) is 18.9 Å². The first kappa shape index (κ1) is 32.5. The lowest BCUT2D eigenvalue weighted by Crippen LogP contribution is -2.14. The maximum Gasteiger partial charge on any atom is 0.344 e. The van der Waals surface area contributed by atoms with Crippen molar-refractivity contribution in [1.29, 1.82) is 0 Å². The number of hydrogen-bond donors (Lipinski definition) is 0. The zero-order valence-electron chi connectivity index (χ0n) is 23.1. The molecule has 4 atom stereocenters. The Balaban J connectivity index is 3.94. The van der Waals surface area contributed by atoms with E-state index in [-0.39, 0.29) is 11.6 Å². The fraction of sp³-hybridized carbons (Fsp3) is 1.00. The average molecular weight is 544 g/mol. The molecule has 1 rings (SSSR count). The molecule has 4 unspecified atom stereocenters. The second-order valence-electron chi connectivity index (χ2n) is 8.64. The second kappa shape index (κ2) is 17.1. The largest absolute Gasteiger partial charge is 0.368 e. The first-order valence-corrected chi connectivity index (χ1v) is 18.5. The van der Waals surface area contributed by atoms with Crippen molar-refractivity contribution in [1.82, 2.24) is 0 Å². The van der Waals surface area contributed by atoms with Gasteiger partial charge >= 0.3 is 7.66 Å². The topological polar surface area (TPSA) is 83.2 Å². The van der Waals surface area contributed by atoms with Crippen molar-refractivity contribution >= 4 is 22.4 Å². The summed E-state index contributed by atoms with van der Waals surface area (Å²) >= 11 is 0. The van der Waals surface area contributed by atoms with Crippen molar-refractivity contribution in [3.8, 4) is 0 Å². The highest BCUT2D eigenvalue weighted by Gasteiger charge is 2.43. The molecule has 0 saturated heterocycles. The van der Waals surface area contributed by atoms with Crippen LogP contribution in [-0.2, 0) is 22.8 Å². The van der Waals surface area contributed by atoms with E-state index in [1.807, 2.05) is 6.92 Å². The molecule has 0 aromatic rings. The lowest BCUT2D eigenvalue weighted by Gasteiger charge is -2.30. The highest BCUT2D eigenvalue weighted by molar-refractivity contribution is 7.76. The standard InChI is InChI=1S/C23H52N3O5P3/c1-9-15-21-32(28-17-11-3)22(7)24-33(29-18-12-4,23(8)27-16-10-2)26-34(25-32,30-19-13-5)31-20-14-6/h22-23H,9-21H2,1-8H3. The van der Waals surface area contributed by atoms with Gasteiger partial charge in [-0.2, -0.15) is 9.03 Å². The van der Waals surface area contributed by atoms with Gasteiger partial charge in [-0.25, -0.2) is 4.74 Å². The van der Waals surface area contributed by atoms with Gasteiger partial charge in [-0.05, 0) is 52.4 Å². The van der Waals surface area contributed by atoms with E-state index in [0.717, 1.165) is 51.1 Å². The summed E-state index contributed by atoms with van der Waals surface area (Å²) in [5.41, 5.74) is 0. The van der Waals surface area contributed by atoms with E-state index in [4.69, 9.17) is 36.6 Å². The normalized spacial score (nSPS) is 27.4. The Kier molecular flexibility index (Phi) is 16.3. The first-order chi connectivity index (χ1) is 16.3. The molecule has 0 amide bonds. The van der Waals surface area contributed by atoms with E-state index in [1.165, 1.54) is 0 Å². The van der Waals surface area contributed by atoms with Crippen LogP contribution in [0, 0.1) is 0 Å². The minimum Gasteiger partial charge on any atom is -0.368 e. The summed E-state index contributed by atoms with van der Waals surface area (Å²) in [6.45, 7) is 19.8. The maximum atomic E-state index is 6.67. The molecule has 0 fully saturated rings. The predicted octanol–water partition coefficient (Wildman–Crippen LogP) is 9.72. The van der Waals surface area contributed by atoms with Gasteiger partial charge in [-0.15, -0.1) is 0 Å². The molecule has 0 aromatic carbocycles. The molecule has 0 aromatic heterocycles. The molecule has 1 heterocycles. The van der Waals surface area contributed by atoms with Gasteiger partial charge in [0.15, 0.2) is 0 Å². The van der Waals surface area contributed by atoms with Crippen LogP contribution in [0.15, 0.2) is 13.8 Å². The van der Waals surface area contributed by atoms with Gasteiger partial charge in [-0.3, -0.25) is 0 Å². The molecule has 34 heavy (non-hydrogen) atoms. The fourth-order valence-corrected chi connectivity index (χ4v) is 15.3. The van der Waals surface area contributed by atoms with Crippen LogP contribution in [0.2, 0.25) is 0 Å². The van der Waals surface area contributed by atoms with Crippen LogP contribution in [-0.4, -0.2) is 50.8 Å². The smallest absolute Gasteiger partial charge is 0.344 e. The number of hydrogen-bond acceptors (Lipinski definition) is 8. The second-order valence-corrected chi connectivity index (χ2v) is 16.9. The SMILES string of the molecule is CCCCP1(OCCC)=NP(OCCC)(OCCC)=NP(OCCC)(C(C)OCCC)=NC1C. The number of ether oxygens (including phenoxy) is 1. The highest BCUT2D eigenvalue weighted by atomic mass is 31.2. The van der Waals surface area contributed by atoms with Crippen molar-refractivity contribution in [2.45, 2.75) is 112 Å². The van der Waals surface area contributed by atoms with Crippen molar-refractivity contribution in [3.63, 3.8) is 0 Å². The zero-order chi connectivity index (χ0) is 25.5. The van der Waals surface area contributed by atoms with Crippen LogP contribution in [0.1, 0.15) is 100 Å². The quantitative estimate of drug-likeness (QED) is 0.151. The Hall–Kier alpha value is 0.490. The van der Waals surface area contributed by atoms with Gasteiger partial charge in [0.25, 0.3) is 0 Å². The molecule has 11 heteroatoms. The lowest BCUT2D eigenvalue weighted by molar-refractivity contribution is 0.109. The van der Waals surface area contributed by atoms with Crippen LogP contribution in [0.5, 0.6) is 0 Å². The fourth-order valence-electron chi connectivity index (χ4n) is 3.36. The predicted molar refractivity (Wildman–Crippen MR) is 148 cm³/mol. The number of nitrogens with zero attached hydrogens (tertiary/aromatic N) is 3. The van der Waals surface area contributed by atoms with Crippen molar-refractivity contribution in [3.05, 3.63) is 0 Å². The zero-order valence-corrected chi connectivity index (χ0v) is 25.8. The molecule has 1 aliphatic heterocycles. The van der Waals surface area contributed by atoms with E-state index >= 15 is 0 Å². The van der Waals surface area contributed by atoms with E-state index in [2.05, 4.69) is 48.5 Å². The summed E-state index contributed by atoms with van der Waals surface area (Å²) in [4.78, 5) is 0. The van der Waals surface area contributed by atoms with Crippen LogP contribution < -0.4 is 0 Å². The molecule has 0 bridgehead atoms. The first-order valence-electron chi connectivity index (χ1n) is 13.4.